The Morgan fingerprint density at radius 1 is 1.27 bits per heavy atom. The maximum absolute atomic E-state index is 12.7. The number of non-ortho nitro benzene ring substituents is 1. The number of nitro groups is 1. The summed E-state index contributed by atoms with van der Waals surface area (Å²) >= 11 is 0. The summed E-state index contributed by atoms with van der Waals surface area (Å²) in [5.74, 6) is 0. The second-order valence-corrected chi connectivity index (χ2v) is 5.89. The molecule has 26 heavy (non-hydrogen) atoms. The van der Waals surface area contributed by atoms with Crippen LogP contribution in [0.2, 0.25) is 0 Å². The summed E-state index contributed by atoms with van der Waals surface area (Å²) in [4.78, 5) is 35.7. The number of rotatable bonds is 4. The molecule has 3 rings (SSSR count). The average Bonchev–Trinajstić information content (AvgIpc) is 2.62. The third kappa shape index (κ3) is 2.71. The Morgan fingerprint density at radius 3 is 2.65 bits per heavy atom. The van der Waals surface area contributed by atoms with Crippen molar-refractivity contribution in [2.24, 2.45) is 7.05 Å². The van der Waals surface area contributed by atoms with Gasteiger partial charge in [0.25, 0.3) is 16.8 Å². The minimum Gasteiger partial charge on any atom is -0.309 e. The van der Waals surface area contributed by atoms with Gasteiger partial charge in [0.2, 0.25) is 0 Å². The van der Waals surface area contributed by atoms with E-state index >= 15 is 0 Å². The highest BCUT2D eigenvalue weighted by Gasteiger charge is 2.18. The topological polar surface area (TPSA) is 100 Å². The minimum atomic E-state index is -0.505. The Bertz CT molecular complexity index is 1170. The molecule has 0 aliphatic carbocycles. The quantitative estimate of drug-likeness (QED) is 0.407. The van der Waals surface area contributed by atoms with Crippen molar-refractivity contribution < 1.29 is 4.92 Å². The van der Waals surface area contributed by atoms with Crippen LogP contribution in [0.1, 0.15) is 5.56 Å². The fourth-order valence-corrected chi connectivity index (χ4v) is 2.90. The molecular weight excluding hydrogens is 336 g/mol. The number of hydrogen-bond donors (Lipinski definition) is 0. The summed E-state index contributed by atoms with van der Waals surface area (Å²) in [6, 6.07) is 7.46. The molecule has 3 aromatic rings. The van der Waals surface area contributed by atoms with Crippen molar-refractivity contribution in [2.75, 3.05) is 0 Å². The van der Waals surface area contributed by atoms with Gasteiger partial charge in [-0.3, -0.25) is 19.7 Å². The highest BCUT2D eigenvalue weighted by Crippen LogP contribution is 2.27. The maximum Gasteiger partial charge on any atom is 0.276 e. The molecule has 0 bridgehead atoms. The molecule has 132 valence electrons. The van der Waals surface area contributed by atoms with Gasteiger partial charge in [0.1, 0.15) is 5.69 Å². The van der Waals surface area contributed by atoms with Crippen molar-refractivity contribution in [3.63, 3.8) is 0 Å². The van der Waals surface area contributed by atoms with Gasteiger partial charge in [-0.25, -0.2) is 4.68 Å². The number of allylic oxidation sites excluding steroid dienone is 1. The number of aryl methyl sites for hydroxylation is 2. The molecule has 2 heterocycles. The van der Waals surface area contributed by atoms with Crippen LogP contribution in [0, 0.1) is 17.0 Å². The van der Waals surface area contributed by atoms with Gasteiger partial charge in [-0.2, -0.15) is 5.10 Å². The Kier molecular flexibility index (Phi) is 4.25. The summed E-state index contributed by atoms with van der Waals surface area (Å²) < 4.78 is 2.58. The molecule has 8 nitrogen and oxygen atoms in total. The number of nitro benzene ring substituents is 1. The summed E-state index contributed by atoms with van der Waals surface area (Å²) in [5, 5.41) is 15.8. The van der Waals surface area contributed by atoms with Crippen molar-refractivity contribution in [1.29, 1.82) is 0 Å². The third-order valence-corrected chi connectivity index (χ3v) is 4.14. The number of fused-ring (bicyclic) bond motifs is 1. The second-order valence-electron chi connectivity index (χ2n) is 5.89. The van der Waals surface area contributed by atoms with Crippen molar-refractivity contribution in [3.8, 4) is 11.3 Å². The van der Waals surface area contributed by atoms with Crippen LogP contribution >= 0.6 is 0 Å². The SMILES string of the molecule is C=CCn1nc(-c2cccc([N+](=O)[O-])c2)c2c(cc(C)c(=O)n2C)c1=O. The van der Waals surface area contributed by atoms with Crippen LogP contribution in [-0.2, 0) is 13.6 Å². The molecule has 0 aliphatic heterocycles. The van der Waals surface area contributed by atoms with Gasteiger partial charge in [-0.1, -0.05) is 18.2 Å². The lowest BCUT2D eigenvalue weighted by Crippen LogP contribution is -2.28. The van der Waals surface area contributed by atoms with Crippen molar-refractivity contribution >= 4 is 16.6 Å². The lowest BCUT2D eigenvalue weighted by Gasteiger charge is -2.13. The van der Waals surface area contributed by atoms with E-state index in [0.717, 1.165) is 0 Å². The monoisotopic (exact) mass is 352 g/mol. The molecule has 0 saturated heterocycles. The molecule has 0 saturated carbocycles. The van der Waals surface area contributed by atoms with Crippen LogP contribution in [0.25, 0.3) is 22.2 Å². The van der Waals surface area contributed by atoms with Crippen LogP contribution in [0.5, 0.6) is 0 Å². The first kappa shape index (κ1) is 17.3. The van der Waals surface area contributed by atoms with E-state index in [2.05, 4.69) is 11.7 Å². The predicted octanol–water partition coefficient (Wildman–Crippen LogP) is 2.16. The van der Waals surface area contributed by atoms with Crippen LogP contribution in [0.15, 0.2) is 52.6 Å². The third-order valence-electron chi connectivity index (χ3n) is 4.14. The molecule has 0 unspecified atom stereocenters. The van der Waals surface area contributed by atoms with Crippen LogP contribution in [0.3, 0.4) is 0 Å². The molecule has 2 aromatic heterocycles. The zero-order valence-corrected chi connectivity index (χ0v) is 14.3. The normalized spacial score (nSPS) is 10.8. The zero-order chi connectivity index (χ0) is 19.0. The fraction of sp³-hybridized carbons (Fsp3) is 0.167. The van der Waals surface area contributed by atoms with Crippen LogP contribution < -0.4 is 11.1 Å². The van der Waals surface area contributed by atoms with Crippen LogP contribution in [0.4, 0.5) is 5.69 Å². The molecule has 8 heteroatoms. The van der Waals surface area contributed by atoms with E-state index < -0.39 is 4.92 Å². The van der Waals surface area contributed by atoms with E-state index in [1.807, 2.05) is 0 Å². The number of pyridine rings is 1. The lowest BCUT2D eigenvalue weighted by molar-refractivity contribution is -0.384. The highest BCUT2D eigenvalue weighted by atomic mass is 16.6. The van der Waals surface area contributed by atoms with Crippen molar-refractivity contribution in [2.45, 2.75) is 13.5 Å². The molecule has 0 atom stereocenters. The number of benzene rings is 1. The standard InChI is InChI=1S/C18H16N4O4/c1-4-8-21-18(24)14-9-11(2)17(23)20(3)16(14)15(19-21)12-6-5-7-13(10-12)22(25)26/h4-7,9-10H,1,8H2,2-3H3. The van der Waals surface area contributed by atoms with Gasteiger partial charge in [0.15, 0.2) is 0 Å². The number of hydrogen-bond acceptors (Lipinski definition) is 5. The summed E-state index contributed by atoms with van der Waals surface area (Å²) in [6.45, 7) is 5.43. The van der Waals surface area contributed by atoms with Crippen LogP contribution in [-0.4, -0.2) is 19.3 Å². The second kappa shape index (κ2) is 6.40. The first-order chi connectivity index (χ1) is 12.3. The summed E-state index contributed by atoms with van der Waals surface area (Å²) in [6.07, 6.45) is 1.53. The molecule has 0 N–H and O–H groups in total. The average molecular weight is 352 g/mol. The predicted molar refractivity (Wildman–Crippen MR) is 98.3 cm³/mol. The maximum atomic E-state index is 12.7. The van der Waals surface area contributed by atoms with Gasteiger partial charge in [0.05, 0.1) is 22.4 Å². The van der Waals surface area contributed by atoms with Gasteiger partial charge >= 0.3 is 0 Å². The van der Waals surface area contributed by atoms with E-state index in [4.69, 9.17) is 0 Å². The lowest BCUT2D eigenvalue weighted by atomic mass is 10.1. The van der Waals surface area contributed by atoms with E-state index in [9.17, 15) is 19.7 Å². The highest BCUT2D eigenvalue weighted by molar-refractivity contribution is 5.91. The van der Waals surface area contributed by atoms with Gasteiger partial charge in [0, 0.05) is 30.3 Å². The molecule has 0 amide bonds. The molecule has 0 radical (unpaired) electrons. The molecule has 0 aliphatic rings. The Morgan fingerprint density at radius 2 is 2.00 bits per heavy atom. The van der Waals surface area contributed by atoms with Gasteiger partial charge in [-0.15, -0.1) is 6.58 Å². The molecular formula is C18H16N4O4. The van der Waals surface area contributed by atoms with E-state index in [1.54, 1.807) is 20.0 Å². The fourth-order valence-electron chi connectivity index (χ4n) is 2.90. The van der Waals surface area contributed by atoms with Crippen molar-refractivity contribution in [1.82, 2.24) is 14.3 Å². The zero-order valence-electron chi connectivity index (χ0n) is 14.3. The molecule has 0 spiro atoms. The molecule has 1 aromatic carbocycles. The van der Waals surface area contributed by atoms with E-state index in [-0.39, 0.29) is 23.4 Å². The minimum absolute atomic E-state index is 0.101. The summed E-state index contributed by atoms with van der Waals surface area (Å²) in [7, 11) is 1.55. The van der Waals surface area contributed by atoms with E-state index in [0.29, 0.717) is 27.7 Å². The first-order valence-electron chi connectivity index (χ1n) is 7.82. The van der Waals surface area contributed by atoms with Gasteiger partial charge in [-0.05, 0) is 13.0 Å². The Labute approximate surface area is 147 Å². The largest absolute Gasteiger partial charge is 0.309 e. The Balaban J connectivity index is 2.50. The number of nitrogens with zero attached hydrogens (tertiary/aromatic N) is 4. The first-order valence-corrected chi connectivity index (χ1v) is 7.82. The van der Waals surface area contributed by atoms with E-state index in [1.165, 1.54) is 39.6 Å². The summed E-state index contributed by atoms with van der Waals surface area (Å²) in [5.41, 5.74) is 0.825. The Hall–Kier alpha value is -3.55. The number of aromatic nitrogens is 3. The van der Waals surface area contributed by atoms with Crippen molar-refractivity contribution in [3.05, 3.63) is 79.4 Å². The molecule has 0 fully saturated rings. The smallest absolute Gasteiger partial charge is 0.276 e. The van der Waals surface area contributed by atoms with Gasteiger partial charge < -0.3 is 4.57 Å².